The van der Waals surface area contributed by atoms with Crippen molar-refractivity contribution in [2.45, 2.75) is 20.5 Å². The van der Waals surface area contributed by atoms with Gasteiger partial charge in [0.05, 0.1) is 16.7 Å². The van der Waals surface area contributed by atoms with E-state index >= 15 is 0 Å². The maximum Gasteiger partial charge on any atom is 0.0919 e. The van der Waals surface area contributed by atoms with Crippen LogP contribution >= 0.6 is 34.9 Å². The van der Waals surface area contributed by atoms with Crippen LogP contribution in [-0.2, 0) is 6.61 Å². The minimum Gasteiger partial charge on any atom is -0.391 e. The Morgan fingerprint density at radius 1 is 1.37 bits per heavy atom. The first-order valence-electron chi connectivity index (χ1n) is 8.66. The van der Waals surface area contributed by atoms with Gasteiger partial charge in [0.2, 0.25) is 0 Å². The van der Waals surface area contributed by atoms with Crippen LogP contribution < -0.4 is 9.62 Å². The molecule has 27 heavy (non-hydrogen) atoms. The van der Waals surface area contributed by atoms with Crippen LogP contribution in [0.15, 0.2) is 65.2 Å². The van der Waals surface area contributed by atoms with Gasteiger partial charge in [0.15, 0.2) is 0 Å². The van der Waals surface area contributed by atoms with E-state index in [2.05, 4.69) is 35.3 Å². The summed E-state index contributed by atoms with van der Waals surface area (Å²) in [7, 11) is 1.89. The van der Waals surface area contributed by atoms with Crippen LogP contribution in [0.3, 0.4) is 0 Å². The van der Waals surface area contributed by atoms with Crippen molar-refractivity contribution in [1.29, 1.82) is 0 Å². The normalized spacial score (nSPS) is 12.7. The number of aliphatic hydroxyl groups excluding tert-OH is 1. The van der Waals surface area contributed by atoms with E-state index in [-0.39, 0.29) is 6.61 Å². The van der Waals surface area contributed by atoms with Gasteiger partial charge in [-0.05, 0) is 62.7 Å². The second kappa shape index (κ2) is 10.7. The average Bonchev–Trinajstić information content (AvgIpc) is 3.04. The van der Waals surface area contributed by atoms with E-state index in [4.69, 9.17) is 11.6 Å². The Hall–Kier alpha value is -1.50. The molecule has 0 amide bonds. The molecule has 0 aliphatic heterocycles. The Morgan fingerprint density at radius 2 is 2.07 bits per heavy atom. The fourth-order valence-electron chi connectivity index (χ4n) is 2.65. The highest BCUT2D eigenvalue weighted by atomic mass is 35.5. The highest BCUT2D eigenvalue weighted by Gasteiger charge is 2.14. The summed E-state index contributed by atoms with van der Waals surface area (Å²) in [5, 5.41) is 11.1. The molecule has 1 heterocycles. The molecule has 2 rings (SSSR count). The summed E-state index contributed by atoms with van der Waals surface area (Å²) in [4.78, 5) is 4.15. The van der Waals surface area contributed by atoms with Gasteiger partial charge >= 0.3 is 0 Å². The molecule has 1 aromatic heterocycles. The number of rotatable bonds is 9. The fourth-order valence-corrected chi connectivity index (χ4v) is 4.87. The summed E-state index contributed by atoms with van der Waals surface area (Å²) < 4.78 is 3.15. The largest absolute Gasteiger partial charge is 0.391 e. The SMILES string of the molecule is C=C/C(=C(Cl)\C=C(/SNC)N(CC)c1ccccc1)c1cc(C)c(CO)s1. The van der Waals surface area contributed by atoms with E-state index in [1.54, 1.807) is 17.4 Å². The van der Waals surface area contributed by atoms with E-state index in [0.717, 1.165) is 38.2 Å². The van der Waals surface area contributed by atoms with Crippen LogP contribution in [0.1, 0.15) is 22.2 Å². The molecule has 144 valence electrons. The van der Waals surface area contributed by atoms with Gasteiger partial charge in [-0.1, -0.05) is 42.5 Å². The Labute approximate surface area is 175 Å². The van der Waals surface area contributed by atoms with Crippen LogP contribution in [0, 0.1) is 6.92 Å². The van der Waals surface area contributed by atoms with Crippen molar-refractivity contribution in [3.05, 3.63) is 80.5 Å². The first kappa shape index (κ1) is 21.8. The molecule has 0 unspecified atom stereocenters. The van der Waals surface area contributed by atoms with Gasteiger partial charge in [-0.3, -0.25) is 4.72 Å². The number of nitrogens with one attached hydrogen (secondary N) is 1. The number of anilines is 1. The zero-order chi connectivity index (χ0) is 19.8. The van der Waals surface area contributed by atoms with Crippen molar-refractivity contribution >= 4 is 46.1 Å². The Balaban J connectivity index is 2.49. The third-order valence-electron chi connectivity index (χ3n) is 4.00. The number of allylic oxidation sites excluding steroid dienone is 4. The Kier molecular flexibility index (Phi) is 8.67. The topological polar surface area (TPSA) is 35.5 Å². The molecule has 0 fully saturated rings. The predicted molar refractivity (Wildman–Crippen MR) is 122 cm³/mol. The molecule has 0 saturated heterocycles. The number of thiophene rings is 1. The summed E-state index contributed by atoms with van der Waals surface area (Å²) in [5.41, 5.74) is 3.03. The number of aryl methyl sites for hydroxylation is 1. The molecule has 2 N–H and O–H groups in total. The van der Waals surface area contributed by atoms with Crippen molar-refractivity contribution in [2.24, 2.45) is 0 Å². The third-order valence-corrected chi connectivity index (χ3v) is 6.32. The Bertz CT molecular complexity index is 828. The maximum atomic E-state index is 9.48. The molecule has 6 heteroatoms. The molecular formula is C21H25ClN2OS2. The molecular weight excluding hydrogens is 396 g/mol. The molecule has 0 radical (unpaired) electrons. The van der Waals surface area contributed by atoms with Gasteiger partial charge in [0, 0.05) is 27.6 Å². The minimum atomic E-state index is 0.0346. The smallest absolute Gasteiger partial charge is 0.0919 e. The molecule has 0 aliphatic carbocycles. The highest BCUT2D eigenvalue weighted by molar-refractivity contribution is 8.01. The van der Waals surface area contributed by atoms with Crippen LogP contribution in [0.5, 0.6) is 0 Å². The molecule has 0 saturated carbocycles. The number of benzene rings is 1. The first-order valence-corrected chi connectivity index (χ1v) is 10.7. The second-order valence-corrected chi connectivity index (χ2v) is 8.28. The quantitative estimate of drug-likeness (QED) is 0.390. The number of hydrogen-bond donors (Lipinski definition) is 2. The lowest BCUT2D eigenvalue weighted by molar-refractivity contribution is 0.285. The van der Waals surface area contributed by atoms with Crippen LogP contribution in [0.25, 0.3) is 5.57 Å². The number of nitrogens with zero attached hydrogens (tertiary/aromatic N) is 1. The third kappa shape index (κ3) is 5.50. The lowest BCUT2D eigenvalue weighted by atomic mass is 10.1. The number of aliphatic hydroxyl groups is 1. The lowest BCUT2D eigenvalue weighted by Crippen LogP contribution is -2.21. The van der Waals surface area contributed by atoms with Crippen LogP contribution in [0.4, 0.5) is 5.69 Å². The monoisotopic (exact) mass is 420 g/mol. The predicted octanol–water partition coefficient (Wildman–Crippen LogP) is 5.92. The summed E-state index contributed by atoms with van der Waals surface area (Å²) >= 11 is 9.77. The first-order chi connectivity index (χ1) is 13.0. The molecule has 0 atom stereocenters. The number of halogens is 1. The van der Waals surface area contributed by atoms with Gasteiger partial charge < -0.3 is 10.0 Å². The second-order valence-electron chi connectivity index (χ2n) is 5.71. The Morgan fingerprint density at radius 3 is 2.59 bits per heavy atom. The zero-order valence-corrected chi connectivity index (χ0v) is 18.2. The zero-order valence-electron chi connectivity index (χ0n) is 15.8. The van der Waals surface area contributed by atoms with E-state index in [0.29, 0.717) is 5.03 Å². The van der Waals surface area contributed by atoms with Crippen molar-refractivity contribution in [2.75, 3.05) is 18.5 Å². The lowest BCUT2D eigenvalue weighted by Gasteiger charge is -2.25. The van der Waals surface area contributed by atoms with E-state index in [1.807, 2.05) is 44.3 Å². The van der Waals surface area contributed by atoms with Gasteiger partial charge in [0.1, 0.15) is 0 Å². The van der Waals surface area contributed by atoms with Crippen molar-refractivity contribution in [3.8, 4) is 0 Å². The molecule has 0 spiro atoms. The van der Waals surface area contributed by atoms with Crippen molar-refractivity contribution < 1.29 is 5.11 Å². The number of hydrogen-bond acceptors (Lipinski definition) is 5. The van der Waals surface area contributed by atoms with Gasteiger partial charge in [-0.25, -0.2) is 0 Å². The van der Waals surface area contributed by atoms with Gasteiger partial charge in [-0.15, -0.1) is 11.3 Å². The van der Waals surface area contributed by atoms with Crippen LogP contribution in [-0.4, -0.2) is 18.7 Å². The maximum absolute atomic E-state index is 9.48. The van der Waals surface area contributed by atoms with Gasteiger partial charge in [-0.2, -0.15) is 0 Å². The summed E-state index contributed by atoms with van der Waals surface area (Å²) in [5.74, 6) is 0. The van der Waals surface area contributed by atoms with Crippen LogP contribution in [0.2, 0.25) is 0 Å². The fraction of sp³-hybridized carbons (Fsp3) is 0.238. The molecule has 0 aliphatic rings. The molecule has 2 aromatic rings. The molecule has 3 nitrogen and oxygen atoms in total. The highest BCUT2D eigenvalue weighted by Crippen LogP contribution is 2.34. The summed E-state index contributed by atoms with van der Waals surface area (Å²) in [6, 6.07) is 12.3. The molecule has 1 aromatic carbocycles. The summed E-state index contributed by atoms with van der Waals surface area (Å²) in [6.45, 7) is 8.88. The van der Waals surface area contributed by atoms with E-state index < -0.39 is 0 Å². The average molecular weight is 421 g/mol. The standard InChI is InChI=1S/C21H25ClN2OS2/c1-5-17(19-12-15(3)20(14-25)26-19)18(22)13-21(27-23-4)24(6-2)16-10-8-7-9-11-16/h5,7-13,23,25H,1,6,14H2,2-4H3/b18-17-,21-13-. The van der Waals surface area contributed by atoms with E-state index in [1.165, 1.54) is 11.9 Å². The van der Waals surface area contributed by atoms with E-state index in [9.17, 15) is 5.11 Å². The minimum absolute atomic E-state index is 0.0346. The number of para-hydroxylation sites is 1. The van der Waals surface area contributed by atoms with Crippen molar-refractivity contribution in [3.63, 3.8) is 0 Å². The van der Waals surface area contributed by atoms with Gasteiger partial charge in [0.25, 0.3) is 0 Å². The van der Waals surface area contributed by atoms with Crippen molar-refractivity contribution in [1.82, 2.24) is 4.72 Å². The molecule has 0 bridgehead atoms. The summed E-state index contributed by atoms with van der Waals surface area (Å²) in [6.07, 6.45) is 3.73.